The molecule has 28 heavy (non-hydrogen) atoms. The quantitative estimate of drug-likeness (QED) is 0.651. The van der Waals surface area contributed by atoms with E-state index in [-0.39, 0.29) is 6.42 Å². The van der Waals surface area contributed by atoms with Gasteiger partial charge in [0.25, 0.3) is 0 Å². The molecule has 1 aliphatic heterocycles. The largest absolute Gasteiger partial charge is 0.390 e. The second kappa shape index (κ2) is 9.45. The predicted octanol–water partition coefficient (Wildman–Crippen LogP) is 2.85. The number of aliphatic hydroxyl groups is 2. The molecule has 0 radical (unpaired) electrons. The van der Waals surface area contributed by atoms with Crippen LogP contribution in [0.2, 0.25) is 0 Å². The van der Waals surface area contributed by atoms with Crippen LogP contribution < -0.4 is 0 Å². The highest BCUT2D eigenvalue weighted by Crippen LogP contribution is 2.39. The third-order valence-corrected chi connectivity index (χ3v) is 5.10. The molecule has 1 unspecified atom stereocenters. The highest BCUT2D eigenvalue weighted by atomic mass is 16.7. The molecule has 0 saturated carbocycles. The SMILES string of the molecule is C=CC[C@]1(O)[C@@H](OC)O[C@H](C(O)Cc2ccccc2)[C@H]1OCc1ccccc1. The summed E-state index contributed by atoms with van der Waals surface area (Å²) in [6, 6.07) is 19.4. The first kappa shape index (κ1) is 20.7. The molecule has 3 rings (SSSR count). The highest BCUT2D eigenvalue weighted by Gasteiger charge is 2.58. The van der Waals surface area contributed by atoms with Gasteiger partial charge >= 0.3 is 0 Å². The van der Waals surface area contributed by atoms with Crippen LogP contribution in [0, 0.1) is 0 Å². The summed E-state index contributed by atoms with van der Waals surface area (Å²) in [5.74, 6) is 0. The molecule has 0 aromatic heterocycles. The molecule has 1 aliphatic rings. The lowest BCUT2D eigenvalue weighted by molar-refractivity contribution is -0.198. The summed E-state index contributed by atoms with van der Waals surface area (Å²) in [7, 11) is 1.47. The lowest BCUT2D eigenvalue weighted by atomic mass is 9.88. The number of benzene rings is 2. The summed E-state index contributed by atoms with van der Waals surface area (Å²) in [6.07, 6.45) is -1.06. The van der Waals surface area contributed by atoms with Gasteiger partial charge in [0.2, 0.25) is 0 Å². The molecule has 5 heteroatoms. The first-order valence-corrected chi connectivity index (χ1v) is 9.47. The Morgan fingerprint density at radius 3 is 2.29 bits per heavy atom. The molecular formula is C23H28O5. The predicted molar refractivity (Wildman–Crippen MR) is 107 cm³/mol. The van der Waals surface area contributed by atoms with Crippen molar-refractivity contribution in [3.8, 4) is 0 Å². The third kappa shape index (κ3) is 4.51. The van der Waals surface area contributed by atoms with Crippen LogP contribution in [0.3, 0.4) is 0 Å². The van der Waals surface area contributed by atoms with Gasteiger partial charge in [0.05, 0.1) is 12.7 Å². The van der Waals surface area contributed by atoms with Crippen molar-refractivity contribution < 1.29 is 24.4 Å². The summed E-state index contributed by atoms with van der Waals surface area (Å²) in [4.78, 5) is 0. The zero-order chi connectivity index (χ0) is 20.0. The summed E-state index contributed by atoms with van der Waals surface area (Å²) in [5, 5.41) is 22.2. The maximum atomic E-state index is 11.3. The Hall–Kier alpha value is -2.02. The zero-order valence-electron chi connectivity index (χ0n) is 16.1. The van der Waals surface area contributed by atoms with Gasteiger partial charge in [-0.15, -0.1) is 6.58 Å². The number of ether oxygens (including phenoxy) is 3. The van der Waals surface area contributed by atoms with Crippen LogP contribution in [0.4, 0.5) is 0 Å². The first-order valence-electron chi connectivity index (χ1n) is 9.47. The lowest BCUT2D eigenvalue weighted by Crippen LogP contribution is -2.51. The van der Waals surface area contributed by atoms with E-state index in [0.29, 0.717) is 13.0 Å². The molecule has 2 aromatic rings. The van der Waals surface area contributed by atoms with Gasteiger partial charge in [-0.2, -0.15) is 0 Å². The topological polar surface area (TPSA) is 68.2 Å². The standard InChI is InChI=1S/C23H28O5/c1-3-14-23(25)21(27-16-18-12-8-5-9-13-18)20(28-22(23)26-2)19(24)15-17-10-6-4-7-11-17/h3-13,19-22,24-25H,1,14-16H2,2H3/t19?,20-,21-,22+,23-/m1/s1. The fourth-order valence-corrected chi connectivity index (χ4v) is 3.72. The Kier molecular flexibility index (Phi) is 6.99. The monoisotopic (exact) mass is 384 g/mol. The van der Waals surface area contributed by atoms with Crippen LogP contribution in [0.15, 0.2) is 73.3 Å². The van der Waals surface area contributed by atoms with E-state index in [1.165, 1.54) is 7.11 Å². The number of hydrogen-bond acceptors (Lipinski definition) is 5. The Morgan fingerprint density at radius 2 is 1.71 bits per heavy atom. The Bertz CT molecular complexity index is 735. The molecule has 0 bridgehead atoms. The Balaban J connectivity index is 1.81. The zero-order valence-corrected chi connectivity index (χ0v) is 16.1. The normalized spacial score (nSPS) is 28.2. The molecule has 150 valence electrons. The van der Waals surface area contributed by atoms with Gasteiger partial charge in [-0.3, -0.25) is 0 Å². The summed E-state index contributed by atoms with van der Waals surface area (Å²) in [6.45, 7) is 4.03. The van der Waals surface area contributed by atoms with Crippen molar-refractivity contribution in [3.63, 3.8) is 0 Å². The molecule has 1 heterocycles. The maximum Gasteiger partial charge on any atom is 0.189 e. The van der Waals surface area contributed by atoms with Crippen LogP contribution in [0.1, 0.15) is 17.5 Å². The third-order valence-electron chi connectivity index (χ3n) is 5.10. The van der Waals surface area contributed by atoms with Crippen molar-refractivity contribution in [2.75, 3.05) is 7.11 Å². The van der Waals surface area contributed by atoms with Gasteiger partial charge in [-0.25, -0.2) is 0 Å². The van der Waals surface area contributed by atoms with E-state index in [2.05, 4.69) is 6.58 Å². The molecule has 0 spiro atoms. The Labute approximate surface area is 166 Å². The minimum atomic E-state index is -1.44. The molecule has 2 aromatic carbocycles. The fourth-order valence-electron chi connectivity index (χ4n) is 3.72. The maximum absolute atomic E-state index is 11.3. The van der Waals surface area contributed by atoms with Gasteiger partial charge < -0.3 is 24.4 Å². The molecule has 1 fully saturated rings. The van der Waals surface area contributed by atoms with E-state index < -0.39 is 30.2 Å². The number of methoxy groups -OCH3 is 1. The highest BCUT2D eigenvalue weighted by molar-refractivity contribution is 5.17. The van der Waals surface area contributed by atoms with Gasteiger partial charge in [0.1, 0.15) is 17.8 Å². The molecule has 0 amide bonds. The van der Waals surface area contributed by atoms with Gasteiger partial charge in [-0.1, -0.05) is 66.7 Å². The molecule has 5 atom stereocenters. The van der Waals surface area contributed by atoms with Crippen molar-refractivity contribution in [2.24, 2.45) is 0 Å². The van der Waals surface area contributed by atoms with E-state index in [4.69, 9.17) is 14.2 Å². The number of rotatable bonds is 9. The minimum Gasteiger partial charge on any atom is -0.390 e. The average molecular weight is 384 g/mol. The van der Waals surface area contributed by atoms with E-state index in [0.717, 1.165) is 11.1 Å². The summed E-state index contributed by atoms with van der Waals surface area (Å²) < 4.78 is 17.4. The van der Waals surface area contributed by atoms with E-state index in [1.807, 2.05) is 60.7 Å². The van der Waals surface area contributed by atoms with Crippen LogP contribution in [-0.2, 0) is 27.2 Å². The van der Waals surface area contributed by atoms with Gasteiger partial charge in [-0.05, 0) is 11.1 Å². The first-order chi connectivity index (χ1) is 13.6. The summed E-state index contributed by atoms with van der Waals surface area (Å²) >= 11 is 0. The Morgan fingerprint density at radius 1 is 1.11 bits per heavy atom. The van der Waals surface area contributed by atoms with Crippen LogP contribution in [0.5, 0.6) is 0 Å². The number of hydrogen-bond donors (Lipinski definition) is 2. The van der Waals surface area contributed by atoms with E-state index in [1.54, 1.807) is 6.08 Å². The van der Waals surface area contributed by atoms with Crippen molar-refractivity contribution in [1.29, 1.82) is 0 Å². The second-order valence-corrected chi connectivity index (χ2v) is 7.13. The minimum absolute atomic E-state index is 0.222. The van der Waals surface area contributed by atoms with Gasteiger partial charge in [0.15, 0.2) is 6.29 Å². The summed E-state index contributed by atoms with van der Waals surface area (Å²) in [5.41, 5.74) is 0.516. The average Bonchev–Trinajstić information content (AvgIpc) is 2.99. The van der Waals surface area contributed by atoms with Crippen LogP contribution >= 0.6 is 0 Å². The lowest BCUT2D eigenvalue weighted by Gasteiger charge is -2.33. The van der Waals surface area contributed by atoms with Crippen molar-refractivity contribution in [2.45, 2.75) is 49.7 Å². The second-order valence-electron chi connectivity index (χ2n) is 7.13. The van der Waals surface area contributed by atoms with Crippen LogP contribution in [0.25, 0.3) is 0 Å². The van der Waals surface area contributed by atoms with Crippen LogP contribution in [-0.4, -0.2) is 47.5 Å². The van der Waals surface area contributed by atoms with E-state index >= 15 is 0 Å². The molecular weight excluding hydrogens is 356 g/mol. The molecule has 0 aliphatic carbocycles. The van der Waals surface area contributed by atoms with E-state index in [9.17, 15) is 10.2 Å². The fraction of sp³-hybridized carbons (Fsp3) is 0.391. The molecule has 1 saturated heterocycles. The smallest absolute Gasteiger partial charge is 0.189 e. The molecule has 5 nitrogen and oxygen atoms in total. The molecule has 2 N–H and O–H groups in total. The van der Waals surface area contributed by atoms with Crippen molar-refractivity contribution >= 4 is 0 Å². The number of aliphatic hydroxyl groups excluding tert-OH is 1. The van der Waals surface area contributed by atoms with Crippen molar-refractivity contribution in [1.82, 2.24) is 0 Å². The van der Waals surface area contributed by atoms with Crippen molar-refractivity contribution in [3.05, 3.63) is 84.4 Å². The van der Waals surface area contributed by atoms with Gasteiger partial charge in [0, 0.05) is 20.0 Å².